The molecule has 2 atom stereocenters. The molecule has 0 amide bonds. The van der Waals surface area contributed by atoms with E-state index in [1.165, 1.54) is 11.3 Å². The summed E-state index contributed by atoms with van der Waals surface area (Å²) in [6.45, 7) is 5.37. The molecule has 0 saturated heterocycles. The van der Waals surface area contributed by atoms with Crippen LogP contribution in [0.1, 0.15) is 49.8 Å². The van der Waals surface area contributed by atoms with Gasteiger partial charge in [0.05, 0.1) is 12.0 Å². The van der Waals surface area contributed by atoms with Gasteiger partial charge in [-0.2, -0.15) is 0 Å². The van der Waals surface area contributed by atoms with Crippen molar-refractivity contribution in [2.24, 2.45) is 21.7 Å². The Morgan fingerprint density at radius 3 is 1.87 bits per heavy atom. The Hall–Kier alpha value is -2.71. The maximum atomic E-state index is 12.9. The molecular weight excluding hydrogens is 378 g/mol. The summed E-state index contributed by atoms with van der Waals surface area (Å²) in [5.74, 6) is 0.543. The Bertz CT molecular complexity index is 1030. The Balaban J connectivity index is 1.72. The second-order valence-electron chi connectivity index (χ2n) is 9.76. The van der Waals surface area contributed by atoms with Crippen molar-refractivity contribution in [3.05, 3.63) is 108 Å². The van der Waals surface area contributed by atoms with Crippen molar-refractivity contribution in [3.63, 3.8) is 0 Å². The predicted molar refractivity (Wildman–Crippen MR) is 127 cm³/mol. The van der Waals surface area contributed by atoms with Crippen LogP contribution in [0.3, 0.4) is 0 Å². The minimum atomic E-state index is -1.13. The highest BCUT2D eigenvalue weighted by atomic mass is 16.3. The fourth-order valence-electron chi connectivity index (χ4n) is 6.55. The Labute approximate surface area is 185 Å². The maximum absolute atomic E-state index is 12.9. The number of nitrogens with zero attached hydrogens (tertiary/aromatic N) is 1. The Morgan fingerprint density at radius 2 is 1.35 bits per heavy atom. The number of fused-ring (bicyclic) bond motifs is 2. The SMILES string of the molecule is CC1(C)[C@@H]2CC[C@@]1(C(O)(c1ccccc1)c1ccccc1)C(=NCc1ccccc1)C2. The summed E-state index contributed by atoms with van der Waals surface area (Å²) in [6, 6.07) is 31.0. The molecule has 2 fully saturated rings. The average Bonchev–Trinajstić information content (AvgIpc) is 3.21. The molecule has 0 aliphatic heterocycles. The van der Waals surface area contributed by atoms with E-state index in [0.717, 1.165) is 30.4 Å². The zero-order valence-electron chi connectivity index (χ0n) is 18.5. The molecule has 2 aliphatic rings. The number of hydrogen-bond acceptors (Lipinski definition) is 2. The number of aliphatic imine (C=N–C) groups is 1. The third-order valence-electron chi connectivity index (χ3n) is 8.22. The van der Waals surface area contributed by atoms with Gasteiger partial charge in [0.25, 0.3) is 0 Å². The highest BCUT2D eigenvalue weighted by Crippen LogP contribution is 2.71. The fraction of sp³-hybridized carbons (Fsp3) is 0.345. The molecule has 0 heterocycles. The molecular formula is C29H31NO. The lowest BCUT2D eigenvalue weighted by Crippen LogP contribution is -2.55. The average molecular weight is 410 g/mol. The Morgan fingerprint density at radius 1 is 0.839 bits per heavy atom. The van der Waals surface area contributed by atoms with Crippen molar-refractivity contribution in [2.75, 3.05) is 0 Å². The van der Waals surface area contributed by atoms with Gasteiger partial charge in [-0.15, -0.1) is 0 Å². The monoisotopic (exact) mass is 409 g/mol. The molecule has 158 valence electrons. The van der Waals surface area contributed by atoms with Crippen LogP contribution < -0.4 is 0 Å². The van der Waals surface area contributed by atoms with Crippen molar-refractivity contribution in [2.45, 2.75) is 45.3 Å². The topological polar surface area (TPSA) is 32.6 Å². The Kier molecular flexibility index (Phi) is 4.86. The summed E-state index contributed by atoms with van der Waals surface area (Å²) in [6.07, 6.45) is 3.07. The molecule has 2 nitrogen and oxygen atoms in total. The van der Waals surface area contributed by atoms with Gasteiger partial charge in [0.1, 0.15) is 5.60 Å². The van der Waals surface area contributed by atoms with E-state index in [2.05, 4.69) is 62.4 Å². The van der Waals surface area contributed by atoms with Crippen molar-refractivity contribution in [1.82, 2.24) is 0 Å². The lowest BCUT2D eigenvalue weighted by atomic mass is 9.55. The molecule has 3 aromatic carbocycles. The minimum absolute atomic E-state index is 0.0526. The lowest BCUT2D eigenvalue weighted by molar-refractivity contribution is -0.0632. The van der Waals surface area contributed by atoms with Crippen molar-refractivity contribution in [3.8, 4) is 0 Å². The molecule has 31 heavy (non-hydrogen) atoms. The van der Waals surface area contributed by atoms with Gasteiger partial charge in [-0.05, 0) is 47.3 Å². The number of rotatable bonds is 5. The quantitative estimate of drug-likeness (QED) is 0.520. The van der Waals surface area contributed by atoms with Gasteiger partial charge in [0.15, 0.2) is 0 Å². The molecule has 2 heteroatoms. The first-order chi connectivity index (χ1) is 15.0. The maximum Gasteiger partial charge on any atom is 0.126 e. The second kappa shape index (κ2) is 7.46. The summed E-state index contributed by atoms with van der Waals surface area (Å²) >= 11 is 0. The number of aliphatic hydroxyl groups is 1. The predicted octanol–water partition coefficient (Wildman–Crippen LogP) is 6.39. The van der Waals surface area contributed by atoms with Crippen LogP contribution in [0.15, 0.2) is 96.0 Å². The molecule has 1 N–H and O–H groups in total. The fourth-order valence-corrected chi connectivity index (χ4v) is 6.55. The van der Waals surface area contributed by atoms with E-state index in [1.54, 1.807) is 0 Å². The second-order valence-corrected chi connectivity index (χ2v) is 9.76. The van der Waals surface area contributed by atoms with Crippen molar-refractivity contribution >= 4 is 5.71 Å². The van der Waals surface area contributed by atoms with E-state index >= 15 is 0 Å². The van der Waals surface area contributed by atoms with Crippen LogP contribution in [-0.2, 0) is 12.1 Å². The van der Waals surface area contributed by atoms with Crippen LogP contribution in [-0.4, -0.2) is 10.8 Å². The zero-order valence-corrected chi connectivity index (χ0v) is 18.5. The summed E-state index contributed by atoms with van der Waals surface area (Å²) in [5.41, 5.74) is 2.72. The third-order valence-corrected chi connectivity index (χ3v) is 8.22. The molecule has 3 aromatic rings. The lowest BCUT2D eigenvalue weighted by Gasteiger charge is -2.51. The summed E-state index contributed by atoms with van der Waals surface area (Å²) in [5, 5.41) is 12.9. The van der Waals surface area contributed by atoms with Gasteiger partial charge in [0.2, 0.25) is 0 Å². The first kappa shape index (κ1) is 20.2. The molecule has 0 spiro atoms. The van der Waals surface area contributed by atoms with Gasteiger partial charge >= 0.3 is 0 Å². The zero-order chi connectivity index (χ0) is 21.5. The molecule has 0 radical (unpaired) electrons. The van der Waals surface area contributed by atoms with Crippen molar-refractivity contribution in [1.29, 1.82) is 0 Å². The summed E-state index contributed by atoms with van der Waals surface area (Å²) < 4.78 is 0. The molecule has 2 aliphatic carbocycles. The molecule has 0 unspecified atom stereocenters. The van der Waals surface area contributed by atoms with Gasteiger partial charge in [-0.3, -0.25) is 4.99 Å². The largest absolute Gasteiger partial charge is 0.379 e. The van der Waals surface area contributed by atoms with Gasteiger partial charge in [-0.1, -0.05) is 105 Å². The van der Waals surface area contributed by atoms with E-state index in [-0.39, 0.29) is 5.41 Å². The molecule has 2 bridgehead atoms. The normalized spacial score (nSPS) is 25.8. The van der Waals surface area contributed by atoms with Crippen LogP contribution in [0.4, 0.5) is 0 Å². The summed E-state index contributed by atoms with van der Waals surface area (Å²) in [7, 11) is 0. The molecule has 5 rings (SSSR count). The number of hydrogen-bond donors (Lipinski definition) is 1. The van der Waals surface area contributed by atoms with Crippen LogP contribution in [0.25, 0.3) is 0 Å². The smallest absolute Gasteiger partial charge is 0.126 e. The van der Waals surface area contributed by atoms with Gasteiger partial charge < -0.3 is 5.11 Å². The first-order valence-corrected chi connectivity index (χ1v) is 11.4. The minimum Gasteiger partial charge on any atom is -0.379 e. The van der Waals surface area contributed by atoms with E-state index in [4.69, 9.17) is 4.99 Å². The summed E-state index contributed by atoms with van der Waals surface area (Å²) in [4.78, 5) is 5.22. The van der Waals surface area contributed by atoms with E-state index in [1.807, 2.05) is 42.5 Å². The third kappa shape index (κ3) is 2.85. The van der Waals surface area contributed by atoms with Gasteiger partial charge in [0, 0.05) is 5.71 Å². The van der Waals surface area contributed by atoms with Crippen LogP contribution >= 0.6 is 0 Å². The highest BCUT2D eigenvalue weighted by molar-refractivity contribution is 5.96. The van der Waals surface area contributed by atoms with Gasteiger partial charge in [-0.25, -0.2) is 0 Å². The van der Waals surface area contributed by atoms with Crippen LogP contribution in [0.5, 0.6) is 0 Å². The highest BCUT2D eigenvalue weighted by Gasteiger charge is 2.71. The van der Waals surface area contributed by atoms with Crippen molar-refractivity contribution < 1.29 is 5.11 Å². The first-order valence-electron chi connectivity index (χ1n) is 11.4. The standard InChI is InChI=1S/C29H31NO/c1-27(2)25-18-19-28(27,26(20-25)30-21-22-12-6-3-7-13-22)29(31,23-14-8-4-9-15-23)24-16-10-5-11-17-24/h3-17,25,31H,18-21H2,1-2H3/t25-,28-/m1/s1. The van der Waals surface area contributed by atoms with E-state index in [9.17, 15) is 5.11 Å². The number of benzene rings is 3. The van der Waals surface area contributed by atoms with E-state index < -0.39 is 11.0 Å². The molecule has 0 aromatic heterocycles. The molecule has 2 saturated carbocycles. The van der Waals surface area contributed by atoms with Crippen LogP contribution in [0, 0.1) is 16.7 Å². The van der Waals surface area contributed by atoms with Crippen LogP contribution in [0.2, 0.25) is 0 Å². The van der Waals surface area contributed by atoms with E-state index in [0.29, 0.717) is 12.5 Å².